The predicted molar refractivity (Wildman–Crippen MR) is 151 cm³/mol. The largest absolute Gasteiger partial charge is 0.489 e. The third-order valence-corrected chi connectivity index (χ3v) is 5.61. The number of para-hydroxylation sites is 1. The number of amides is 2. The van der Waals surface area contributed by atoms with Crippen molar-refractivity contribution < 1.29 is 14.3 Å². The van der Waals surface area contributed by atoms with E-state index in [1.807, 2.05) is 109 Å². The van der Waals surface area contributed by atoms with Gasteiger partial charge < -0.3 is 9.47 Å². The summed E-state index contributed by atoms with van der Waals surface area (Å²) in [5.74, 6) is 2.17. The van der Waals surface area contributed by atoms with Gasteiger partial charge in [0.2, 0.25) is 0 Å². The predicted octanol–water partition coefficient (Wildman–Crippen LogP) is 7.86. The van der Waals surface area contributed by atoms with E-state index in [0.29, 0.717) is 25.4 Å². The Morgan fingerprint density at radius 2 is 1.08 bits per heavy atom. The van der Waals surface area contributed by atoms with Crippen LogP contribution in [-0.2, 0) is 6.61 Å². The van der Waals surface area contributed by atoms with E-state index in [1.165, 1.54) is 0 Å². The van der Waals surface area contributed by atoms with E-state index in [-0.39, 0.29) is 6.03 Å². The molecule has 4 rings (SSSR count). The number of hydrogen-bond acceptors (Lipinski definition) is 3. The Kier molecular flexibility index (Phi) is 8.76. The van der Waals surface area contributed by atoms with Gasteiger partial charge in [0.15, 0.2) is 0 Å². The van der Waals surface area contributed by atoms with Gasteiger partial charge in [-0.3, -0.25) is 9.80 Å². The fourth-order valence-electron chi connectivity index (χ4n) is 3.77. The molecule has 5 heteroatoms. The van der Waals surface area contributed by atoms with Crippen molar-refractivity contribution in [1.82, 2.24) is 0 Å². The standard InChI is InChI=1S/C32H30N2O3/c1-3-23-33(27-15-19-29(20-16-27)36-25-26-11-7-5-8-12-26)32(35)34(24-4-2)28-17-21-31(22-18-28)37-30-13-9-6-10-14-30/h3-22H,1-2,23-25H2. The average molecular weight is 491 g/mol. The van der Waals surface area contributed by atoms with Gasteiger partial charge in [-0.25, -0.2) is 4.79 Å². The van der Waals surface area contributed by atoms with Gasteiger partial charge in [-0.15, -0.1) is 13.2 Å². The van der Waals surface area contributed by atoms with Crippen molar-refractivity contribution in [3.05, 3.63) is 140 Å². The van der Waals surface area contributed by atoms with Crippen LogP contribution in [0.3, 0.4) is 0 Å². The van der Waals surface area contributed by atoms with Crippen LogP contribution in [0.2, 0.25) is 0 Å². The number of ether oxygens (including phenoxy) is 2. The third kappa shape index (κ3) is 6.89. The molecule has 0 unspecified atom stereocenters. The van der Waals surface area contributed by atoms with E-state index in [1.54, 1.807) is 22.0 Å². The zero-order chi connectivity index (χ0) is 25.9. The number of benzene rings is 4. The Morgan fingerprint density at radius 3 is 1.59 bits per heavy atom. The molecule has 0 saturated heterocycles. The highest BCUT2D eigenvalue weighted by Crippen LogP contribution is 2.27. The zero-order valence-electron chi connectivity index (χ0n) is 20.7. The van der Waals surface area contributed by atoms with Gasteiger partial charge in [-0.2, -0.15) is 0 Å². The summed E-state index contributed by atoms with van der Waals surface area (Å²) in [4.78, 5) is 17.0. The van der Waals surface area contributed by atoms with Crippen molar-refractivity contribution in [3.63, 3.8) is 0 Å². The highest BCUT2D eigenvalue weighted by atomic mass is 16.5. The van der Waals surface area contributed by atoms with Gasteiger partial charge in [0.25, 0.3) is 0 Å². The summed E-state index contributed by atoms with van der Waals surface area (Å²) < 4.78 is 11.8. The fraction of sp³-hybridized carbons (Fsp3) is 0.0938. The molecule has 37 heavy (non-hydrogen) atoms. The first kappa shape index (κ1) is 25.3. The van der Waals surface area contributed by atoms with Gasteiger partial charge in [0, 0.05) is 24.5 Å². The molecule has 0 saturated carbocycles. The summed E-state index contributed by atoms with van der Waals surface area (Å²) in [6, 6.07) is 34.3. The summed E-state index contributed by atoms with van der Waals surface area (Å²) in [5.41, 5.74) is 2.58. The molecule has 186 valence electrons. The maximum Gasteiger partial charge on any atom is 0.329 e. The maximum absolute atomic E-state index is 13.7. The third-order valence-electron chi connectivity index (χ3n) is 5.61. The number of carbonyl (C=O) groups excluding carboxylic acids is 1. The molecule has 0 atom stereocenters. The fourth-order valence-corrected chi connectivity index (χ4v) is 3.77. The molecule has 5 nitrogen and oxygen atoms in total. The van der Waals surface area contributed by atoms with Crippen LogP contribution < -0.4 is 19.3 Å². The lowest BCUT2D eigenvalue weighted by Crippen LogP contribution is -2.43. The first-order chi connectivity index (χ1) is 18.2. The molecule has 0 aliphatic heterocycles. The van der Waals surface area contributed by atoms with Gasteiger partial charge in [-0.1, -0.05) is 60.7 Å². The lowest BCUT2D eigenvalue weighted by molar-refractivity contribution is 0.252. The van der Waals surface area contributed by atoms with Crippen molar-refractivity contribution in [2.75, 3.05) is 22.9 Å². The topological polar surface area (TPSA) is 42.0 Å². The Hall–Kier alpha value is -4.77. The highest BCUT2D eigenvalue weighted by molar-refractivity contribution is 6.04. The molecule has 0 aliphatic carbocycles. The number of nitrogens with zero attached hydrogens (tertiary/aromatic N) is 2. The van der Waals surface area contributed by atoms with Gasteiger partial charge >= 0.3 is 6.03 Å². The van der Waals surface area contributed by atoms with Crippen molar-refractivity contribution in [2.24, 2.45) is 0 Å². The van der Waals surface area contributed by atoms with Gasteiger partial charge in [0.1, 0.15) is 23.9 Å². The van der Waals surface area contributed by atoms with Crippen molar-refractivity contribution in [2.45, 2.75) is 6.61 Å². The van der Waals surface area contributed by atoms with E-state index in [4.69, 9.17) is 9.47 Å². The molecule has 4 aromatic rings. The van der Waals surface area contributed by atoms with E-state index in [9.17, 15) is 4.79 Å². The van der Waals surface area contributed by atoms with Crippen molar-refractivity contribution >= 4 is 17.4 Å². The minimum absolute atomic E-state index is 0.186. The minimum atomic E-state index is -0.186. The van der Waals surface area contributed by atoms with E-state index in [0.717, 1.165) is 28.4 Å². The van der Waals surface area contributed by atoms with E-state index < -0.39 is 0 Å². The lowest BCUT2D eigenvalue weighted by atomic mass is 10.2. The quantitative estimate of drug-likeness (QED) is 0.201. The maximum atomic E-state index is 13.7. The van der Waals surface area contributed by atoms with Crippen molar-refractivity contribution in [1.29, 1.82) is 0 Å². The van der Waals surface area contributed by atoms with Gasteiger partial charge in [-0.05, 0) is 66.2 Å². The molecule has 0 fully saturated rings. The number of urea groups is 1. The summed E-state index contributed by atoms with van der Waals surface area (Å²) in [6.45, 7) is 8.87. The number of hydrogen-bond donors (Lipinski definition) is 0. The second-order valence-electron chi connectivity index (χ2n) is 8.26. The molecular formula is C32H30N2O3. The average Bonchev–Trinajstić information content (AvgIpc) is 2.95. The van der Waals surface area contributed by atoms with Crippen LogP contribution in [0.15, 0.2) is 135 Å². The molecular weight excluding hydrogens is 460 g/mol. The molecule has 0 spiro atoms. The summed E-state index contributed by atoms with van der Waals surface area (Å²) in [6.07, 6.45) is 3.42. The highest BCUT2D eigenvalue weighted by Gasteiger charge is 2.22. The van der Waals surface area contributed by atoms with Crippen LogP contribution in [0, 0.1) is 0 Å². The van der Waals surface area contributed by atoms with Crippen molar-refractivity contribution in [3.8, 4) is 17.2 Å². The molecule has 0 bridgehead atoms. The SMILES string of the molecule is C=CCN(C(=O)N(CC=C)c1ccc(Oc2ccccc2)cc1)c1ccc(OCc2ccccc2)cc1. The molecule has 0 radical (unpaired) electrons. The van der Waals surface area contributed by atoms with Crippen LogP contribution in [0.25, 0.3) is 0 Å². The van der Waals surface area contributed by atoms with E-state index in [2.05, 4.69) is 13.2 Å². The Balaban J connectivity index is 1.48. The molecule has 2 amide bonds. The van der Waals surface area contributed by atoms with Crippen LogP contribution in [0.5, 0.6) is 17.2 Å². The molecule has 0 aromatic heterocycles. The molecule has 0 N–H and O–H groups in total. The Labute approximate surface area is 218 Å². The lowest BCUT2D eigenvalue weighted by Gasteiger charge is -2.30. The van der Waals surface area contributed by atoms with E-state index >= 15 is 0 Å². The summed E-state index contributed by atoms with van der Waals surface area (Å²) >= 11 is 0. The zero-order valence-corrected chi connectivity index (χ0v) is 20.7. The Morgan fingerprint density at radius 1 is 0.622 bits per heavy atom. The minimum Gasteiger partial charge on any atom is -0.489 e. The van der Waals surface area contributed by atoms with Gasteiger partial charge in [0.05, 0.1) is 0 Å². The normalized spacial score (nSPS) is 10.3. The number of rotatable bonds is 11. The summed E-state index contributed by atoms with van der Waals surface area (Å²) in [7, 11) is 0. The number of anilines is 2. The smallest absolute Gasteiger partial charge is 0.329 e. The van der Waals surface area contributed by atoms with Crippen LogP contribution in [0.4, 0.5) is 16.2 Å². The number of carbonyl (C=O) groups is 1. The molecule has 0 heterocycles. The monoisotopic (exact) mass is 490 g/mol. The van der Waals surface area contributed by atoms with Crippen LogP contribution in [-0.4, -0.2) is 19.1 Å². The second kappa shape index (κ2) is 12.8. The summed E-state index contributed by atoms with van der Waals surface area (Å²) in [5, 5.41) is 0. The first-order valence-corrected chi connectivity index (χ1v) is 12.1. The first-order valence-electron chi connectivity index (χ1n) is 12.1. The Bertz CT molecular complexity index is 1290. The van der Waals surface area contributed by atoms with Crippen LogP contribution >= 0.6 is 0 Å². The second-order valence-corrected chi connectivity index (χ2v) is 8.26. The molecule has 4 aromatic carbocycles. The van der Waals surface area contributed by atoms with Crippen LogP contribution in [0.1, 0.15) is 5.56 Å². The molecule has 0 aliphatic rings.